The number of ether oxygens (including phenoxy) is 1. The van der Waals surface area contributed by atoms with Gasteiger partial charge in [-0.25, -0.2) is 9.59 Å². The number of furan rings is 1. The molecular formula is C33H45N3O7. The second-order valence-electron chi connectivity index (χ2n) is 13.6. The number of nitrogens with one attached hydrogen (secondary N) is 2. The first-order chi connectivity index (χ1) is 20.5. The number of amides is 3. The van der Waals surface area contributed by atoms with Crippen LogP contribution < -0.4 is 10.6 Å². The normalized spacial score (nSPS) is 25.0. The fourth-order valence-electron chi connectivity index (χ4n) is 7.29. The summed E-state index contributed by atoms with van der Waals surface area (Å²) in [5, 5.41) is 15.8. The second-order valence-corrected chi connectivity index (χ2v) is 13.6. The van der Waals surface area contributed by atoms with Crippen molar-refractivity contribution in [2.75, 3.05) is 18.4 Å². The molecule has 0 unspecified atom stereocenters. The molecule has 1 aliphatic heterocycles. The summed E-state index contributed by atoms with van der Waals surface area (Å²) in [5.41, 5.74) is 0.443. The van der Waals surface area contributed by atoms with Gasteiger partial charge in [-0.05, 0) is 94.9 Å². The van der Waals surface area contributed by atoms with E-state index in [0.717, 1.165) is 57.8 Å². The summed E-state index contributed by atoms with van der Waals surface area (Å²) in [6, 6.07) is 5.99. The van der Waals surface area contributed by atoms with Gasteiger partial charge in [0, 0.05) is 30.1 Å². The molecule has 3 aliphatic rings. The molecule has 2 saturated carbocycles. The van der Waals surface area contributed by atoms with Crippen molar-refractivity contribution in [3.8, 4) is 0 Å². The van der Waals surface area contributed by atoms with Gasteiger partial charge in [0.2, 0.25) is 17.6 Å². The lowest BCUT2D eigenvalue weighted by atomic mass is 9.76. The number of aromatic carboxylic acids is 1. The van der Waals surface area contributed by atoms with Crippen LogP contribution in [0.25, 0.3) is 11.0 Å². The molecule has 1 saturated heterocycles. The van der Waals surface area contributed by atoms with Crippen LogP contribution in [0, 0.1) is 23.7 Å². The number of carbonyl (C=O) groups excluding carboxylic acids is 3. The molecule has 5 rings (SSSR count). The molecule has 2 aliphatic carbocycles. The fourth-order valence-corrected chi connectivity index (χ4v) is 7.29. The van der Waals surface area contributed by atoms with E-state index in [2.05, 4.69) is 10.6 Å². The standard InChI is InChI=1S/C33H45N3O7/c1-33(2,3)43-32(41)34-19-20-9-11-22(12-10-20)30(38)36-16-15-25(21-7-5-4-6-8-21)28(36)29(37)35-24-13-14-26-23(17-24)18-27(42-26)31(39)40/h13-14,17-18,20-22,25,28H,4-12,15-16,19H2,1-3H3,(H,34,41)(H,35,37)(H,39,40)/t20-,22-,25-,28-/m0/s1. The molecule has 10 heteroatoms. The zero-order chi connectivity index (χ0) is 30.7. The van der Waals surface area contributed by atoms with Crippen molar-refractivity contribution in [2.45, 2.75) is 96.6 Å². The zero-order valence-corrected chi connectivity index (χ0v) is 25.5. The fraction of sp³-hybridized carbons (Fsp3) is 0.636. The van der Waals surface area contributed by atoms with Crippen LogP contribution in [-0.4, -0.2) is 58.6 Å². The van der Waals surface area contributed by atoms with Crippen LogP contribution in [-0.2, 0) is 14.3 Å². The molecule has 1 aromatic heterocycles. The highest BCUT2D eigenvalue weighted by Crippen LogP contribution is 2.41. The van der Waals surface area contributed by atoms with Gasteiger partial charge in [-0.2, -0.15) is 0 Å². The lowest BCUT2D eigenvalue weighted by Gasteiger charge is -2.36. The van der Waals surface area contributed by atoms with Crippen molar-refractivity contribution < 1.29 is 33.4 Å². The molecule has 0 radical (unpaired) electrons. The summed E-state index contributed by atoms with van der Waals surface area (Å²) in [6.07, 6.45) is 9.28. The van der Waals surface area contributed by atoms with Gasteiger partial charge in [0.15, 0.2) is 0 Å². The van der Waals surface area contributed by atoms with Crippen molar-refractivity contribution in [1.82, 2.24) is 10.2 Å². The molecule has 2 heterocycles. The number of benzene rings is 1. The Hall–Kier alpha value is -3.56. The molecule has 3 fully saturated rings. The topological polar surface area (TPSA) is 138 Å². The largest absolute Gasteiger partial charge is 0.475 e. The molecule has 0 bridgehead atoms. The molecule has 43 heavy (non-hydrogen) atoms. The van der Waals surface area contributed by atoms with Crippen molar-refractivity contribution in [2.24, 2.45) is 23.7 Å². The Kier molecular flexibility index (Phi) is 9.32. The molecule has 234 valence electrons. The Balaban J connectivity index is 1.25. The summed E-state index contributed by atoms with van der Waals surface area (Å²) in [4.78, 5) is 53.1. The minimum atomic E-state index is -1.15. The molecule has 2 atom stereocenters. The maximum absolute atomic E-state index is 14.0. The third-order valence-electron chi connectivity index (χ3n) is 9.38. The monoisotopic (exact) mass is 595 g/mol. The van der Waals surface area contributed by atoms with Gasteiger partial charge in [-0.3, -0.25) is 9.59 Å². The van der Waals surface area contributed by atoms with Crippen LogP contribution in [0.2, 0.25) is 0 Å². The van der Waals surface area contributed by atoms with E-state index in [0.29, 0.717) is 41.6 Å². The van der Waals surface area contributed by atoms with Crippen LogP contribution in [0.3, 0.4) is 0 Å². The predicted molar refractivity (Wildman–Crippen MR) is 162 cm³/mol. The highest BCUT2D eigenvalue weighted by atomic mass is 16.6. The Labute approximate surface area is 252 Å². The minimum absolute atomic E-state index is 0.0633. The van der Waals surface area contributed by atoms with E-state index in [9.17, 15) is 24.3 Å². The van der Waals surface area contributed by atoms with E-state index in [1.54, 1.807) is 18.2 Å². The summed E-state index contributed by atoms with van der Waals surface area (Å²) < 4.78 is 10.7. The van der Waals surface area contributed by atoms with E-state index < -0.39 is 23.7 Å². The molecule has 3 N–H and O–H groups in total. The Morgan fingerprint density at radius 1 is 0.977 bits per heavy atom. The zero-order valence-electron chi connectivity index (χ0n) is 25.5. The number of fused-ring (bicyclic) bond motifs is 1. The van der Waals surface area contributed by atoms with Gasteiger partial charge < -0.3 is 29.8 Å². The summed E-state index contributed by atoms with van der Waals surface area (Å²) in [6.45, 7) is 6.62. The average molecular weight is 596 g/mol. The average Bonchev–Trinajstić information content (AvgIpc) is 3.61. The smallest absolute Gasteiger partial charge is 0.407 e. The Morgan fingerprint density at radius 2 is 1.70 bits per heavy atom. The van der Waals surface area contributed by atoms with Gasteiger partial charge in [0.25, 0.3) is 0 Å². The van der Waals surface area contributed by atoms with Crippen LogP contribution >= 0.6 is 0 Å². The lowest BCUT2D eigenvalue weighted by Crippen LogP contribution is -2.49. The highest BCUT2D eigenvalue weighted by Gasteiger charge is 2.46. The van der Waals surface area contributed by atoms with Crippen LogP contribution in [0.1, 0.15) is 95.5 Å². The van der Waals surface area contributed by atoms with Crippen LogP contribution in [0.5, 0.6) is 0 Å². The number of nitrogens with zero attached hydrogens (tertiary/aromatic N) is 1. The molecular weight excluding hydrogens is 550 g/mol. The number of hydrogen-bond acceptors (Lipinski definition) is 6. The first-order valence-electron chi connectivity index (χ1n) is 15.8. The Morgan fingerprint density at radius 3 is 2.37 bits per heavy atom. The molecule has 1 aromatic carbocycles. The number of alkyl carbamates (subject to hydrolysis) is 1. The third-order valence-corrected chi connectivity index (χ3v) is 9.38. The first-order valence-corrected chi connectivity index (χ1v) is 15.8. The Bertz CT molecular complexity index is 1330. The number of hydrogen-bond donors (Lipinski definition) is 3. The third kappa shape index (κ3) is 7.51. The number of anilines is 1. The summed E-state index contributed by atoms with van der Waals surface area (Å²) >= 11 is 0. The van der Waals surface area contributed by atoms with Crippen LogP contribution in [0.4, 0.5) is 10.5 Å². The molecule has 3 amide bonds. The number of carbonyl (C=O) groups is 4. The highest BCUT2D eigenvalue weighted by molar-refractivity contribution is 6.00. The number of carboxylic acid groups (broad SMARTS) is 1. The van der Waals surface area contributed by atoms with Gasteiger partial charge in [-0.15, -0.1) is 0 Å². The predicted octanol–water partition coefficient (Wildman–Crippen LogP) is 6.20. The maximum Gasteiger partial charge on any atom is 0.407 e. The first kappa shape index (κ1) is 30.9. The van der Waals surface area contributed by atoms with Gasteiger partial charge >= 0.3 is 12.1 Å². The van der Waals surface area contributed by atoms with Crippen molar-refractivity contribution in [3.05, 3.63) is 30.0 Å². The van der Waals surface area contributed by atoms with E-state index in [4.69, 9.17) is 9.15 Å². The van der Waals surface area contributed by atoms with Crippen molar-refractivity contribution in [1.29, 1.82) is 0 Å². The SMILES string of the molecule is CC(C)(C)OC(=O)NC[C@H]1CC[C@H](C(=O)N2CC[C@@H](C3CCCCC3)[C@H]2C(=O)Nc2ccc3oc(C(=O)O)cc3c2)CC1. The molecule has 0 spiro atoms. The van der Waals surface area contributed by atoms with E-state index in [1.807, 2.05) is 25.7 Å². The molecule has 10 nitrogen and oxygen atoms in total. The van der Waals surface area contributed by atoms with Gasteiger partial charge in [0.05, 0.1) is 0 Å². The van der Waals surface area contributed by atoms with Gasteiger partial charge in [0.1, 0.15) is 17.2 Å². The number of likely N-dealkylation sites (tertiary alicyclic amines) is 1. The quantitative estimate of drug-likeness (QED) is 0.347. The number of rotatable bonds is 7. The maximum atomic E-state index is 14.0. The molecule has 2 aromatic rings. The summed E-state index contributed by atoms with van der Waals surface area (Å²) in [7, 11) is 0. The van der Waals surface area contributed by atoms with Crippen molar-refractivity contribution in [3.63, 3.8) is 0 Å². The van der Waals surface area contributed by atoms with Gasteiger partial charge in [-0.1, -0.05) is 32.1 Å². The summed E-state index contributed by atoms with van der Waals surface area (Å²) in [5.74, 6) is -0.712. The van der Waals surface area contributed by atoms with Crippen LogP contribution in [0.15, 0.2) is 28.7 Å². The minimum Gasteiger partial charge on any atom is -0.475 e. The van der Waals surface area contributed by atoms with E-state index >= 15 is 0 Å². The number of carboxylic acids is 1. The van der Waals surface area contributed by atoms with E-state index in [-0.39, 0.29) is 29.4 Å². The van der Waals surface area contributed by atoms with Crippen molar-refractivity contribution >= 4 is 40.5 Å². The lowest BCUT2D eigenvalue weighted by molar-refractivity contribution is -0.142. The van der Waals surface area contributed by atoms with E-state index in [1.165, 1.54) is 12.5 Å². The second kappa shape index (κ2) is 13.0.